The molecule has 0 spiro atoms. The summed E-state index contributed by atoms with van der Waals surface area (Å²) >= 11 is 1.07. The van der Waals surface area contributed by atoms with Gasteiger partial charge < -0.3 is 19.8 Å². The van der Waals surface area contributed by atoms with Crippen molar-refractivity contribution in [1.82, 2.24) is 15.0 Å². The lowest BCUT2D eigenvalue weighted by Gasteiger charge is -2.10. The summed E-state index contributed by atoms with van der Waals surface area (Å²) in [5.41, 5.74) is 2.35. The number of amides is 3. The molecule has 0 aliphatic rings. The van der Waals surface area contributed by atoms with Gasteiger partial charge in [0.25, 0.3) is 5.91 Å². The van der Waals surface area contributed by atoms with Gasteiger partial charge in [0.2, 0.25) is 11.6 Å². The van der Waals surface area contributed by atoms with Crippen molar-refractivity contribution in [2.45, 2.75) is 19.8 Å². The highest BCUT2D eigenvalue weighted by molar-refractivity contribution is 7.12. The first-order chi connectivity index (χ1) is 18.6. The molecule has 3 amide bonds. The second-order valence-corrected chi connectivity index (χ2v) is 8.42. The number of hydrogen-bond acceptors (Lipinski definition) is 10. The Morgan fingerprint density at radius 2 is 1.90 bits per heavy atom. The number of ether oxygens (including phenoxy) is 1. The molecule has 0 aliphatic heterocycles. The van der Waals surface area contributed by atoms with Gasteiger partial charge in [0.05, 0.1) is 5.51 Å². The molecule has 0 radical (unpaired) electrons. The van der Waals surface area contributed by atoms with Crippen LogP contribution in [0.15, 0.2) is 52.5 Å². The van der Waals surface area contributed by atoms with Gasteiger partial charge in [-0.1, -0.05) is 0 Å². The van der Waals surface area contributed by atoms with Gasteiger partial charge in [-0.2, -0.15) is 5.26 Å². The van der Waals surface area contributed by atoms with E-state index in [1.807, 2.05) is 6.07 Å². The third-order valence-corrected chi connectivity index (χ3v) is 5.54. The number of alkyl halides is 3. The van der Waals surface area contributed by atoms with Gasteiger partial charge in [0.1, 0.15) is 28.3 Å². The first-order valence-electron chi connectivity index (χ1n) is 10.8. The lowest BCUT2D eigenvalue weighted by molar-refractivity contribution is -0.274. The minimum atomic E-state index is -4.81. The second-order valence-electron chi connectivity index (χ2n) is 7.56. The van der Waals surface area contributed by atoms with Gasteiger partial charge in [-0.3, -0.25) is 15.4 Å². The van der Waals surface area contributed by atoms with E-state index in [9.17, 15) is 22.8 Å². The number of nitrogens with one attached hydrogen (secondary N) is 4. The summed E-state index contributed by atoms with van der Waals surface area (Å²) in [5, 5.41) is 19.6. The molecule has 0 bridgehead atoms. The van der Waals surface area contributed by atoms with Crippen molar-refractivity contribution in [3.8, 4) is 11.8 Å². The van der Waals surface area contributed by atoms with Crippen molar-refractivity contribution in [3.63, 3.8) is 0 Å². The summed E-state index contributed by atoms with van der Waals surface area (Å²) in [4.78, 5) is 37.3. The number of aryl methyl sites for hydroxylation is 1. The Bertz CT molecular complexity index is 1530. The van der Waals surface area contributed by atoms with Crippen molar-refractivity contribution < 1.29 is 31.9 Å². The zero-order valence-corrected chi connectivity index (χ0v) is 20.6. The molecule has 0 unspecified atom stereocenters. The highest BCUT2D eigenvalue weighted by atomic mass is 32.1. The number of halogens is 3. The van der Waals surface area contributed by atoms with Crippen LogP contribution in [-0.2, 0) is 6.54 Å². The number of nitrogens with zero attached hydrogens (tertiary/aromatic N) is 4. The molecule has 1 aromatic carbocycles. The molecule has 3 heterocycles. The number of thiazole rings is 1. The number of carbonyl (C=O) groups excluding carboxylic acids is 2. The van der Waals surface area contributed by atoms with E-state index in [0.717, 1.165) is 23.5 Å². The van der Waals surface area contributed by atoms with E-state index in [1.54, 1.807) is 12.1 Å². The van der Waals surface area contributed by atoms with E-state index in [1.165, 1.54) is 30.8 Å². The minimum Gasteiger partial charge on any atom is -0.424 e. The normalized spacial score (nSPS) is 10.8. The van der Waals surface area contributed by atoms with Crippen molar-refractivity contribution in [1.29, 1.82) is 5.26 Å². The summed E-state index contributed by atoms with van der Waals surface area (Å²) in [6.07, 6.45) is -3.35. The third-order valence-electron chi connectivity index (χ3n) is 4.71. The van der Waals surface area contributed by atoms with Crippen LogP contribution in [0.1, 0.15) is 26.8 Å². The molecule has 0 fully saturated rings. The Morgan fingerprint density at radius 1 is 1.13 bits per heavy atom. The number of pyridine rings is 1. The number of oxazole rings is 1. The van der Waals surface area contributed by atoms with Gasteiger partial charge in [-0.15, -0.1) is 24.5 Å². The highest BCUT2D eigenvalue weighted by Crippen LogP contribution is 2.26. The van der Waals surface area contributed by atoms with Crippen molar-refractivity contribution in [3.05, 3.63) is 70.1 Å². The topological polar surface area (TPSA) is 167 Å². The zero-order chi connectivity index (χ0) is 28.0. The number of carbonyl (C=O) groups is 2. The van der Waals surface area contributed by atoms with Gasteiger partial charge in [-0.05, 0) is 42.0 Å². The van der Waals surface area contributed by atoms with Crippen LogP contribution in [0.2, 0.25) is 0 Å². The summed E-state index contributed by atoms with van der Waals surface area (Å²) in [6.45, 7) is 1.75. The van der Waals surface area contributed by atoms with Gasteiger partial charge in [0, 0.05) is 25.4 Å². The fraction of sp³-hybridized carbons (Fsp3) is 0.130. The van der Waals surface area contributed by atoms with Crippen LogP contribution in [0.5, 0.6) is 5.75 Å². The molecule has 4 aromatic rings. The monoisotopic (exact) mass is 558 g/mol. The minimum absolute atomic E-state index is 0.0656. The number of hydrogen-bond donors (Lipinski definition) is 4. The van der Waals surface area contributed by atoms with Crippen LogP contribution in [0, 0.1) is 18.3 Å². The first-order valence-corrected chi connectivity index (χ1v) is 11.7. The quantitative estimate of drug-likeness (QED) is 0.230. The number of anilines is 4. The molecule has 0 saturated heterocycles. The second kappa shape index (κ2) is 11.5. The maximum absolute atomic E-state index is 12.7. The summed E-state index contributed by atoms with van der Waals surface area (Å²) in [6, 6.07) is 9.10. The lowest BCUT2D eigenvalue weighted by atomic mass is 10.2. The third kappa shape index (κ3) is 7.42. The first kappa shape index (κ1) is 26.9. The molecule has 12 nitrogen and oxygen atoms in total. The molecular formula is C23H17F3N8O4S. The molecule has 200 valence electrons. The van der Waals surface area contributed by atoms with Crippen molar-refractivity contribution in [2.24, 2.45) is 0 Å². The number of aromatic nitrogens is 3. The molecule has 0 atom stereocenters. The molecule has 39 heavy (non-hydrogen) atoms. The standard InChI is InChI=1S/C23H17F3N8O4S/c1-12-31-16(9-27)21(37-12)34-22(36)33-17-8-13(6-7-28-17)10-29-19-18(39-11-30-19)20(35)32-14-2-4-15(5-3-14)38-23(24,25)26/h2-8,11,29H,10H2,1H3,(H,32,35)(H2,28,33,34,36). The molecule has 4 N–H and O–H groups in total. The number of benzene rings is 1. The van der Waals surface area contributed by atoms with Gasteiger partial charge in [-0.25, -0.2) is 19.7 Å². The fourth-order valence-corrected chi connectivity index (χ4v) is 3.80. The average Bonchev–Trinajstić information content (AvgIpc) is 3.49. The Morgan fingerprint density at radius 3 is 2.62 bits per heavy atom. The van der Waals surface area contributed by atoms with Crippen LogP contribution in [0.4, 0.5) is 41.2 Å². The molecular weight excluding hydrogens is 541 g/mol. The molecule has 0 saturated carbocycles. The van der Waals surface area contributed by atoms with Crippen LogP contribution in [0.3, 0.4) is 0 Å². The van der Waals surface area contributed by atoms with Crippen molar-refractivity contribution in [2.75, 3.05) is 21.3 Å². The van der Waals surface area contributed by atoms with E-state index in [2.05, 4.69) is 41.0 Å². The van der Waals surface area contributed by atoms with Crippen LogP contribution in [-0.4, -0.2) is 33.3 Å². The summed E-state index contributed by atoms with van der Waals surface area (Å²) in [5.74, 6) is -0.317. The van der Waals surface area contributed by atoms with E-state index in [0.29, 0.717) is 5.56 Å². The van der Waals surface area contributed by atoms with E-state index >= 15 is 0 Å². The largest absolute Gasteiger partial charge is 0.573 e. The number of nitriles is 1. The van der Waals surface area contributed by atoms with E-state index < -0.39 is 24.1 Å². The maximum Gasteiger partial charge on any atom is 0.573 e. The maximum atomic E-state index is 12.7. The number of urea groups is 1. The average molecular weight is 559 g/mol. The van der Waals surface area contributed by atoms with Crippen molar-refractivity contribution >= 4 is 46.5 Å². The van der Waals surface area contributed by atoms with Gasteiger partial charge in [0.15, 0.2) is 5.89 Å². The molecule has 16 heteroatoms. The SMILES string of the molecule is Cc1nc(C#N)c(NC(=O)Nc2cc(CNc3ncsc3C(=O)Nc3ccc(OC(F)(F)F)cc3)ccn2)o1. The predicted octanol–water partition coefficient (Wildman–Crippen LogP) is 5.11. The Hall–Kier alpha value is -5.17. The Balaban J connectivity index is 1.34. The number of rotatable bonds is 8. The highest BCUT2D eigenvalue weighted by Gasteiger charge is 2.31. The molecule has 4 rings (SSSR count). The molecule has 3 aromatic heterocycles. The lowest BCUT2D eigenvalue weighted by Crippen LogP contribution is -2.20. The van der Waals surface area contributed by atoms with Gasteiger partial charge >= 0.3 is 12.4 Å². The zero-order valence-electron chi connectivity index (χ0n) is 19.8. The smallest absolute Gasteiger partial charge is 0.424 e. The van der Waals surface area contributed by atoms with Crippen LogP contribution in [0.25, 0.3) is 0 Å². The predicted molar refractivity (Wildman–Crippen MR) is 133 cm³/mol. The van der Waals surface area contributed by atoms with E-state index in [-0.39, 0.29) is 46.2 Å². The van der Waals surface area contributed by atoms with Crippen LogP contribution >= 0.6 is 11.3 Å². The Kier molecular flexibility index (Phi) is 7.91. The molecule has 0 aliphatic carbocycles. The Labute approximate surface area is 221 Å². The summed E-state index contributed by atoms with van der Waals surface area (Å²) in [7, 11) is 0. The fourth-order valence-electron chi connectivity index (χ4n) is 3.14. The van der Waals surface area contributed by atoms with E-state index in [4.69, 9.17) is 9.68 Å². The van der Waals surface area contributed by atoms with Crippen LogP contribution < -0.4 is 26.0 Å². The summed E-state index contributed by atoms with van der Waals surface area (Å²) < 4.78 is 46.0.